The van der Waals surface area contributed by atoms with Crippen molar-refractivity contribution in [3.8, 4) is 0 Å². The third kappa shape index (κ3) is 4.29. The number of urea groups is 1. The summed E-state index contributed by atoms with van der Waals surface area (Å²) in [6.07, 6.45) is 3.44. The lowest BCUT2D eigenvalue weighted by molar-refractivity contribution is 0.199. The smallest absolute Gasteiger partial charge is 0.321 e. The Hall–Kier alpha value is -1.89. The van der Waals surface area contributed by atoms with Crippen LogP contribution in [-0.2, 0) is 9.84 Å². The highest BCUT2D eigenvalue weighted by Crippen LogP contribution is 2.16. The zero-order valence-corrected chi connectivity index (χ0v) is 12.4. The monoisotopic (exact) mass is 312 g/mol. The maximum absolute atomic E-state index is 13.0. The lowest BCUT2D eigenvalue weighted by Gasteiger charge is -2.22. The first-order valence-electron chi connectivity index (χ1n) is 6.53. The molecular weight excluding hydrogens is 295 g/mol. The van der Waals surface area contributed by atoms with Crippen molar-refractivity contribution < 1.29 is 17.6 Å². The molecule has 114 valence electrons. The first kappa shape index (κ1) is 15.5. The second-order valence-electron chi connectivity index (χ2n) is 5.01. The van der Waals surface area contributed by atoms with Crippen molar-refractivity contribution in [2.75, 3.05) is 18.6 Å². The molecule has 2 amide bonds. The van der Waals surface area contributed by atoms with E-state index in [0.29, 0.717) is 12.0 Å². The number of rotatable bonds is 3. The zero-order valence-electron chi connectivity index (χ0n) is 11.6. The molecular formula is C14H17FN2O3S. The molecule has 1 N–H and O–H groups in total. The summed E-state index contributed by atoms with van der Waals surface area (Å²) in [6, 6.07) is 5.29. The molecule has 0 radical (unpaired) electrons. The van der Waals surface area contributed by atoms with Crippen molar-refractivity contribution in [2.45, 2.75) is 12.5 Å². The summed E-state index contributed by atoms with van der Waals surface area (Å²) in [6.45, 7) is 0. The Kier molecular flexibility index (Phi) is 4.62. The molecule has 1 saturated heterocycles. The Morgan fingerprint density at radius 1 is 1.48 bits per heavy atom. The quantitative estimate of drug-likeness (QED) is 0.922. The van der Waals surface area contributed by atoms with Gasteiger partial charge in [0.25, 0.3) is 0 Å². The van der Waals surface area contributed by atoms with E-state index in [1.165, 1.54) is 23.2 Å². The van der Waals surface area contributed by atoms with Gasteiger partial charge in [0.05, 0.1) is 11.5 Å². The van der Waals surface area contributed by atoms with Gasteiger partial charge >= 0.3 is 6.03 Å². The highest BCUT2D eigenvalue weighted by molar-refractivity contribution is 7.91. The van der Waals surface area contributed by atoms with E-state index in [1.807, 2.05) is 0 Å². The van der Waals surface area contributed by atoms with Crippen molar-refractivity contribution in [1.29, 1.82) is 0 Å². The fraction of sp³-hybridized carbons (Fsp3) is 0.357. The molecule has 21 heavy (non-hydrogen) atoms. The van der Waals surface area contributed by atoms with Gasteiger partial charge in [-0.05, 0) is 30.2 Å². The summed E-state index contributed by atoms with van der Waals surface area (Å²) < 4.78 is 35.8. The summed E-state index contributed by atoms with van der Waals surface area (Å²) in [7, 11) is -1.46. The number of hydrogen-bond donors (Lipinski definition) is 1. The molecule has 0 aromatic heterocycles. The summed E-state index contributed by atoms with van der Waals surface area (Å²) >= 11 is 0. The van der Waals surface area contributed by atoms with Crippen LogP contribution in [0.4, 0.5) is 9.18 Å². The van der Waals surface area contributed by atoms with Crippen molar-refractivity contribution in [3.05, 3.63) is 41.8 Å². The van der Waals surface area contributed by atoms with E-state index < -0.39 is 9.84 Å². The largest absolute Gasteiger partial charge is 0.324 e. The van der Waals surface area contributed by atoms with Crippen LogP contribution in [0.25, 0.3) is 6.08 Å². The highest BCUT2D eigenvalue weighted by atomic mass is 32.2. The number of benzene rings is 1. The third-order valence-corrected chi connectivity index (χ3v) is 5.16. The van der Waals surface area contributed by atoms with Gasteiger partial charge in [0.2, 0.25) is 0 Å². The van der Waals surface area contributed by atoms with Gasteiger partial charge in [-0.3, -0.25) is 0 Å². The average molecular weight is 312 g/mol. The molecule has 1 aliphatic heterocycles. The molecule has 0 spiro atoms. The fourth-order valence-electron chi connectivity index (χ4n) is 2.17. The van der Waals surface area contributed by atoms with E-state index in [2.05, 4.69) is 5.32 Å². The number of hydrogen-bond acceptors (Lipinski definition) is 3. The third-order valence-electron chi connectivity index (χ3n) is 3.41. The van der Waals surface area contributed by atoms with Gasteiger partial charge in [0.1, 0.15) is 5.82 Å². The van der Waals surface area contributed by atoms with Crippen molar-refractivity contribution >= 4 is 21.9 Å². The van der Waals surface area contributed by atoms with E-state index in [1.54, 1.807) is 25.3 Å². The van der Waals surface area contributed by atoms with Crippen LogP contribution < -0.4 is 5.32 Å². The van der Waals surface area contributed by atoms with E-state index >= 15 is 0 Å². The molecule has 1 unspecified atom stereocenters. The molecule has 0 saturated carbocycles. The Balaban J connectivity index is 1.90. The van der Waals surface area contributed by atoms with Gasteiger partial charge in [0, 0.05) is 19.3 Å². The first-order valence-corrected chi connectivity index (χ1v) is 8.35. The van der Waals surface area contributed by atoms with E-state index in [9.17, 15) is 17.6 Å². The number of halogens is 1. The zero-order chi connectivity index (χ0) is 15.5. The van der Waals surface area contributed by atoms with E-state index in [4.69, 9.17) is 0 Å². The van der Waals surface area contributed by atoms with E-state index in [0.717, 1.165) is 0 Å². The summed E-state index contributed by atoms with van der Waals surface area (Å²) in [4.78, 5) is 13.3. The normalized spacial score (nSPS) is 20.6. The van der Waals surface area contributed by atoms with Crippen molar-refractivity contribution in [3.63, 3.8) is 0 Å². The summed E-state index contributed by atoms with van der Waals surface area (Å²) in [5.41, 5.74) is 0.626. The lowest BCUT2D eigenvalue weighted by atomic mass is 10.2. The van der Waals surface area contributed by atoms with E-state index in [-0.39, 0.29) is 29.4 Å². The molecule has 1 aromatic carbocycles. The van der Waals surface area contributed by atoms with Crippen LogP contribution in [-0.4, -0.2) is 43.9 Å². The van der Waals surface area contributed by atoms with Gasteiger partial charge in [0.15, 0.2) is 9.84 Å². The molecule has 1 atom stereocenters. The Labute approximate surface area is 123 Å². The molecule has 1 aromatic rings. The SMILES string of the molecule is CN(C(=O)N/C=C/c1cccc(F)c1)C1CCS(=O)(=O)C1. The molecule has 2 rings (SSSR count). The minimum atomic E-state index is -3.02. The minimum Gasteiger partial charge on any atom is -0.324 e. The predicted octanol–water partition coefficient (Wildman–Crippen LogP) is 1.62. The van der Waals surface area contributed by atoms with Gasteiger partial charge in [-0.1, -0.05) is 12.1 Å². The number of amides is 2. The standard InChI is InChI=1S/C14H17FN2O3S/c1-17(13-6-8-21(19,20)10-13)14(18)16-7-5-11-3-2-4-12(15)9-11/h2-5,7,9,13H,6,8,10H2,1H3,(H,16,18)/b7-5+. The van der Waals surface area contributed by atoms with Crippen LogP contribution in [0.2, 0.25) is 0 Å². The molecule has 7 heteroatoms. The number of carbonyl (C=O) groups excluding carboxylic acids is 1. The van der Waals surface area contributed by atoms with Gasteiger partial charge in [-0.15, -0.1) is 0 Å². The second-order valence-corrected chi connectivity index (χ2v) is 7.23. The summed E-state index contributed by atoms with van der Waals surface area (Å²) in [5, 5.41) is 2.54. The average Bonchev–Trinajstić information content (AvgIpc) is 2.78. The summed E-state index contributed by atoms with van der Waals surface area (Å²) in [5.74, 6) is -0.226. The topological polar surface area (TPSA) is 66.5 Å². The molecule has 0 bridgehead atoms. The van der Waals surface area contributed by atoms with Gasteiger partial charge in [-0.2, -0.15) is 0 Å². The van der Waals surface area contributed by atoms with Crippen LogP contribution in [0.3, 0.4) is 0 Å². The van der Waals surface area contributed by atoms with Crippen molar-refractivity contribution in [2.24, 2.45) is 0 Å². The van der Waals surface area contributed by atoms with Crippen LogP contribution in [0.1, 0.15) is 12.0 Å². The van der Waals surface area contributed by atoms with Gasteiger partial charge in [-0.25, -0.2) is 17.6 Å². The van der Waals surface area contributed by atoms with Crippen LogP contribution in [0.5, 0.6) is 0 Å². The van der Waals surface area contributed by atoms with Crippen LogP contribution >= 0.6 is 0 Å². The lowest BCUT2D eigenvalue weighted by Crippen LogP contribution is -2.42. The maximum Gasteiger partial charge on any atom is 0.321 e. The molecule has 1 fully saturated rings. The Morgan fingerprint density at radius 3 is 2.86 bits per heavy atom. The molecule has 1 aliphatic rings. The first-order chi connectivity index (χ1) is 9.87. The molecule has 1 heterocycles. The molecule has 5 nitrogen and oxygen atoms in total. The van der Waals surface area contributed by atoms with Crippen LogP contribution in [0, 0.1) is 5.82 Å². The fourth-order valence-corrected chi connectivity index (χ4v) is 3.94. The van der Waals surface area contributed by atoms with Crippen molar-refractivity contribution in [1.82, 2.24) is 10.2 Å². The number of sulfone groups is 1. The number of nitrogens with one attached hydrogen (secondary N) is 1. The number of carbonyl (C=O) groups is 1. The molecule has 0 aliphatic carbocycles. The Bertz CT molecular complexity index is 658. The highest BCUT2D eigenvalue weighted by Gasteiger charge is 2.32. The van der Waals surface area contributed by atoms with Gasteiger partial charge < -0.3 is 10.2 Å². The Morgan fingerprint density at radius 2 is 2.24 bits per heavy atom. The number of nitrogens with zero attached hydrogens (tertiary/aromatic N) is 1. The van der Waals surface area contributed by atoms with Crippen LogP contribution in [0.15, 0.2) is 30.5 Å². The maximum atomic E-state index is 13.0. The minimum absolute atomic E-state index is 0.00449. The second kappa shape index (κ2) is 6.26. The predicted molar refractivity (Wildman–Crippen MR) is 78.8 cm³/mol.